The summed E-state index contributed by atoms with van der Waals surface area (Å²) in [6.45, 7) is 5.46. The van der Waals surface area contributed by atoms with Crippen LogP contribution < -0.4 is 10.1 Å². The normalized spacial score (nSPS) is 10.8. The summed E-state index contributed by atoms with van der Waals surface area (Å²) >= 11 is 0. The third kappa shape index (κ3) is 5.18. The van der Waals surface area contributed by atoms with Crippen molar-refractivity contribution in [2.24, 2.45) is 0 Å². The summed E-state index contributed by atoms with van der Waals surface area (Å²) in [4.78, 5) is 11.7. The number of rotatable bonds is 3. The van der Waals surface area contributed by atoms with E-state index in [1.807, 2.05) is 63.2 Å². The second-order valence-corrected chi connectivity index (χ2v) is 5.57. The van der Waals surface area contributed by atoms with E-state index in [0.717, 1.165) is 5.75 Å². The van der Waals surface area contributed by atoms with Crippen molar-refractivity contribution in [3.8, 4) is 11.5 Å². The van der Waals surface area contributed by atoms with Crippen LogP contribution in [0.15, 0.2) is 54.6 Å². The molecule has 4 heteroatoms. The van der Waals surface area contributed by atoms with Crippen molar-refractivity contribution in [2.75, 3.05) is 5.32 Å². The van der Waals surface area contributed by atoms with Crippen LogP contribution in [0.3, 0.4) is 0 Å². The Kier molecular flexibility index (Phi) is 4.48. The van der Waals surface area contributed by atoms with E-state index in [2.05, 4.69) is 5.32 Å². The number of para-hydroxylation sites is 1. The topological polar surface area (TPSA) is 47.6 Å². The van der Waals surface area contributed by atoms with Gasteiger partial charge < -0.3 is 9.47 Å². The summed E-state index contributed by atoms with van der Waals surface area (Å²) < 4.78 is 10.9. The van der Waals surface area contributed by atoms with Crippen LogP contribution in [0, 0.1) is 0 Å². The van der Waals surface area contributed by atoms with Crippen LogP contribution in [0.2, 0.25) is 0 Å². The lowest BCUT2D eigenvalue weighted by atomic mass is 10.2. The first kappa shape index (κ1) is 14.9. The molecule has 0 atom stereocenters. The number of hydrogen-bond donors (Lipinski definition) is 1. The van der Waals surface area contributed by atoms with Gasteiger partial charge in [0.05, 0.1) is 0 Å². The fraction of sp³-hybridized carbons (Fsp3) is 0.235. The first-order chi connectivity index (χ1) is 9.92. The van der Waals surface area contributed by atoms with Gasteiger partial charge in [-0.05, 0) is 45.0 Å². The lowest BCUT2D eigenvalue weighted by Crippen LogP contribution is -2.27. The Bertz CT molecular complexity index is 603. The van der Waals surface area contributed by atoms with Gasteiger partial charge in [0.1, 0.15) is 17.1 Å². The maximum Gasteiger partial charge on any atom is 0.412 e. The van der Waals surface area contributed by atoms with Crippen LogP contribution in [-0.4, -0.2) is 11.7 Å². The van der Waals surface area contributed by atoms with E-state index in [1.54, 1.807) is 12.1 Å². The van der Waals surface area contributed by atoms with Crippen LogP contribution in [0.4, 0.5) is 10.5 Å². The Labute approximate surface area is 124 Å². The molecule has 4 nitrogen and oxygen atoms in total. The van der Waals surface area contributed by atoms with Crippen LogP contribution in [0.5, 0.6) is 11.5 Å². The summed E-state index contributed by atoms with van der Waals surface area (Å²) in [6.07, 6.45) is -0.487. The third-order valence-corrected chi connectivity index (χ3v) is 2.46. The maximum atomic E-state index is 11.7. The molecule has 0 aliphatic rings. The zero-order chi connectivity index (χ0) is 15.3. The van der Waals surface area contributed by atoms with Gasteiger partial charge in [0.15, 0.2) is 0 Å². The molecule has 110 valence electrons. The molecule has 0 saturated heterocycles. The largest absolute Gasteiger partial charge is 0.457 e. The highest BCUT2D eigenvalue weighted by atomic mass is 16.6. The summed E-state index contributed by atoms with van der Waals surface area (Å²) in [5.41, 5.74) is 0.0973. The zero-order valence-corrected chi connectivity index (χ0v) is 12.4. The predicted molar refractivity (Wildman–Crippen MR) is 82.8 cm³/mol. The summed E-state index contributed by atoms with van der Waals surface area (Å²) in [5, 5.41) is 2.68. The second kappa shape index (κ2) is 6.31. The fourth-order valence-corrected chi connectivity index (χ4v) is 1.68. The van der Waals surface area contributed by atoms with Crippen molar-refractivity contribution in [1.82, 2.24) is 0 Å². The third-order valence-electron chi connectivity index (χ3n) is 2.46. The van der Waals surface area contributed by atoms with E-state index < -0.39 is 11.7 Å². The molecule has 2 aromatic carbocycles. The first-order valence-electron chi connectivity index (χ1n) is 6.75. The summed E-state index contributed by atoms with van der Waals surface area (Å²) in [6, 6.07) is 16.6. The van der Waals surface area contributed by atoms with Crippen molar-refractivity contribution < 1.29 is 14.3 Å². The molecule has 0 spiro atoms. The minimum atomic E-state index is -0.526. The molecule has 2 rings (SSSR count). The maximum absolute atomic E-state index is 11.7. The van der Waals surface area contributed by atoms with Gasteiger partial charge in [0.25, 0.3) is 0 Å². The molecule has 0 fully saturated rings. The SMILES string of the molecule is CC(C)(C)OC(=O)Nc1cccc(Oc2ccccc2)c1. The molecule has 0 heterocycles. The average Bonchev–Trinajstić information content (AvgIpc) is 2.38. The summed E-state index contributed by atoms with van der Waals surface area (Å²) in [5.74, 6) is 1.39. The van der Waals surface area contributed by atoms with E-state index in [-0.39, 0.29) is 0 Å². The number of anilines is 1. The molecular formula is C17H19NO3. The molecule has 0 aliphatic heterocycles. The quantitative estimate of drug-likeness (QED) is 0.879. The van der Waals surface area contributed by atoms with Crippen LogP contribution in [-0.2, 0) is 4.74 Å². The average molecular weight is 285 g/mol. The van der Waals surface area contributed by atoms with E-state index in [4.69, 9.17) is 9.47 Å². The van der Waals surface area contributed by atoms with Gasteiger partial charge in [-0.15, -0.1) is 0 Å². The van der Waals surface area contributed by atoms with Crippen molar-refractivity contribution in [2.45, 2.75) is 26.4 Å². The highest BCUT2D eigenvalue weighted by molar-refractivity contribution is 5.85. The van der Waals surface area contributed by atoms with E-state index in [9.17, 15) is 4.79 Å². The predicted octanol–water partition coefficient (Wildman–Crippen LogP) is 4.83. The summed E-state index contributed by atoms with van der Waals surface area (Å²) in [7, 11) is 0. The lowest BCUT2D eigenvalue weighted by Gasteiger charge is -2.19. The zero-order valence-electron chi connectivity index (χ0n) is 12.4. The van der Waals surface area contributed by atoms with Gasteiger partial charge in [-0.25, -0.2) is 4.79 Å². The molecule has 0 aliphatic carbocycles. The van der Waals surface area contributed by atoms with Crippen molar-refractivity contribution in [3.05, 3.63) is 54.6 Å². The number of carbonyl (C=O) groups is 1. The molecule has 0 bridgehead atoms. The minimum absolute atomic E-state index is 0.487. The van der Waals surface area contributed by atoms with E-state index in [1.165, 1.54) is 0 Å². The number of hydrogen-bond acceptors (Lipinski definition) is 3. The number of amides is 1. The Morgan fingerprint density at radius 3 is 2.29 bits per heavy atom. The van der Waals surface area contributed by atoms with Gasteiger partial charge in [0, 0.05) is 11.8 Å². The van der Waals surface area contributed by atoms with Gasteiger partial charge in [0.2, 0.25) is 0 Å². The Morgan fingerprint density at radius 2 is 1.62 bits per heavy atom. The number of nitrogens with one attached hydrogen (secondary N) is 1. The van der Waals surface area contributed by atoms with Gasteiger partial charge in [-0.2, -0.15) is 0 Å². The molecule has 0 aromatic heterocycles. The lowest BCUT2D eigenvalue weighted by molar-refractivity contribution is 0.0636. The highest BCUT2D eigenvalue weighted by Crippen LogP contribution is 2.24. The Balaban J connectivity index is 2.03. The van der Waals surface area contributed by atoms with Crippen molar-refractivity contribution >= 4 is 11.8 Å². The number of benzene rings is 2. The molecule has 0 unspecified atom stereocenters. The minimum Gasteiger partial charge on any atom is -0.457 e. The number of ether oxygens (including phenoxy) is 2. The molecule has 21 heavy (non-hydrogen) atoms. The van der Waals surface area contributed by atoms with Crippen LogP contribution in [0.1, 0.15) is 20.8 Å². The standard InChI is InChI=1S/C17H19NO3/c1-17(2,3)21-16(19)18-13-8-7-11-15(12-13)20-14-9-5-4-6-10-14/h4-12H,1-3H3,(H,18,19). The highest BCUT2D eigenvalue weighted by Gasteiger charge is 2.16. The molecule has 2 aromatic rings. The fourth-order valence-electron chi connectivity index (χ4n) is 1.68. The molecule has 0 radical (unpaired) electrons. The molecule has 0 saturated carbocycles. The number of carbonyl (C=O) groups excluding carboxylic acids is 1. The van der Waals surface area contributed by atoms with Crippen LogP contribution in [0.25, 0.3) is 0 Å². The smallest absolute Gasteiger partial charge is 0.412 e. The monoisotopic (exact) mass is 285 g/mol. The van der Waals surface area contributed by atoms with Gasteiger partial charge in [-0.1, -0.05) is 24.3 Å². The van der Waals surface area contributed by atoms with E-state index in [0.29, 0.717) is 11.4 Å². The first-order valence-corrected chi connectivity index (χ1v) is 6.75. The molecule has 1 amide bonds. The van der Waals surface area contributed by atoms with Gasteiger partial charge in [-0.3, -0.25) is 5.32 Å². The van der Waals surface area contributed by atoms with E-state index >= 15 is 0 Å². The Morgan fingerprint density at radius 1 is 0.952 bits per heavy atom. The Hall–Kier alpha value is -2.49. The second-order valence-electron chi connectivity index (χ2n) is 5.57. The van der Waals surface area contributed by atoms with Crippen LogP contribution >= 0.6 is 0 Å². The van der Waals surface area contributed by atoms with Crippen molar-refractivity contribution in [1.29, 1.82) is 0 Å². The molecular weight excluding hydrogens is 266 g/mol. The molecule has 1 N–H and O–H groups in total. The van der Waals surface area contributed by atoms with Crippen molar-refractivity contribution in [3.63, 3.8) is 0 Å². The van der Waals surface area contributed by atoms with Gasteiger partial charge >= 0.3 is 6.09 Å².